The molecule has 0 spiro atoms. The van der Waals surface area contributed by atoms with Gasteiger partial charge < -0.3 is 16.8 Å². The zero-order valence-electron chi connectivity index (χ0n) is 9.38. The van der Waals surface area contributed by atoms with E-state index in [1.807, 2.05) is 0 Å². The fraction of sp³-hybridized carbons (Fsp3) is 0.300. The van der Waals surface area contributed by atoms with Crippen LogP contribution in [-0.2, 0) is 14.6 Å². The molecule has 0 aliphatic heterocycles. The second-order valence-electron chi connectivity index (χ2n) is 3.69. The van der Waals surface area contributed by atoms with Crippen molar-refractivity contribution in [2.45, 2.75) is 10.9 Å². The van der Waals surface area contributed by atoms with Crippen LogP contribution in [0.2, 0.25) is 0 Å². The number of sulfone groups is 1. The Morgan fingerprint density at radius 1 is 1.35 bits per heavy atom. The largest absolute Gasteiger partial charge is 0.383 e. The number of nitrogens with two attached hydrogens (primary N) is 2. The molecule has 1 atom stereocenters. The number of carbonyl (C=O) groups excluding carboxylic acids is 1. The standard InChI is InChI=1S/C10H15N3O3S/c1-17(15,16)8-4-2-7(3-5-8)13-6-9(11)10(12)14/h2-5,9,13H,6,11H2,1H3,(H2,12,14). The fourth-order valence-corrected chi connectivity index (χ4v) is 1.78. The quantitative estimate of drug-likeness (QED) is 0.646. The summed E-state index contributed by atoms with van der Waals surface area (Å²) in [5.41, 5.74) is 11.1. The number of hydrogen-bond donors (Lipinski definition) is 3. The Balaban J connectivity index is 2.67. The van der Waals surface area contributed by atoms with Gasteiger partial charge in [0.25, 0.3) is 0 Å². The molecule has 1 aromatic rings. The van der Waals surface area contributed by atoms with Gasteiger partial charge in [0.1, 0.15) is 6.04 Å². The van der Waals surface area contributed by atoms with Crippen LogP contribution in [-0.4, -0.2) is 33.2 Å². The topological polar surface area (TPSA) is 115 Å². The van der Waals surface area contributed by atoms with Gasteiger partial charge in [0.15, 0.2) is 9.84 Å². The van der Waals surface area contributed by atoms with Crippen molar-refractivity contribution in [3.8, 4) is 0 Å². The van der Waals surface area contributed by atoms with Crippen LogP contribution in [0.4, 0.5) is 5.69 Å². The van der Waals surface area contributed by atoms with Crippen LogP contribution in [0.1, 0.15) is 0 Å². The molecule has 0 bridgehead atoms. The lowest BCUT2D eigenvalue weighted by atomic mass is 10.2. The molecule has 1 amide bonds. The number of primary amides is 1. The van der Waals surface area contributed by atoms with E-state index in [1.54, 1.807) is 12.1 Å². The number of carbonyl (C=O) groups is 1. The second-order valence-corrected chi connectivity index (χ2v) is 5.70. The minimum Gasteiger partial charge on any atom is -0.383 e. The first kappa shape index (κ1) is 13.5. The number of anilines is 1. The zero-order valence-corrected chi connectivity index (χ0v) is 10.2. The average Bonchev–Trinajstić information content (AvgIpc) is 2.25. The van der Waals surface area contributed by atoms with Gasteiger partial charge in [0, 0.05) is 18.5 Å². The van der Waals surface area contributed by atoms with Crippen molar-refractivity contribution in [1.82, 2.24) is 0 Å². The first-order chi connectivity index (χ1) is 7.80. The van der Waals surface area contributed by atoms with E-state index in [9.17, 15) is 13.2 Å². The molecule has 0 saturated carbocycles. The maximum absolute atomic E-state index is 11.2. The molecule has 0 heterocycles. The predicted molar refractivity (Wildman–Crippen MR) is 65.2 cm³/mol. The normalized spacial score (nSPS) is 13.1. The summed E-state index contributed by atoms with van der Waals surface area (Å²) in [6, 6.07) is 5.39. The summed E-state index contributed by atoms with van der Waals surface area (Å²) in [7, 11) is -3.19. The highest BCUT2D eigenvalue weighted by molar-refractivity contribution is 7.90. The number of hydrogen-bond acceptors (Lipinski definition) is 5. The van der Waals surface area contributed by atoms with E-state index in [4.69, 9.17) is 11.5 Å². The smallest absolute Gasteiger partial charge is 0.236 e. The van der Waals surface area contributed by atoms with Gasteiger partial charge in [-0.05, 0) is 24.3 Å². The number of amides is 1. The summed E-state index contributed by atoms with van der Waals surface area (Å²) in [6.45, 7) is 0.202. The van der Waals surface area contributed by atoms with Crippen LogP contribution in [0.3, 0.4) is 0 Å². The molecule has 1 rings (SSSR count). The van der Waals surface area contributed by atoms with E-state index in [2.05, 4.69) is 5.32 Å². The zero-order chi connectivity index (χ0) is 13.1. The highest BCUT2D eigenvalue weighted by atomic mass is 32.2. The van der Waals surface area contributed by atoms with Gasteiger partial charge in [-0.25, -0.2) is 8.42 Å². The summed E-state index contributed by atoms with van der Waals surface area (Å²) >= 11 is 0. The Morgan fingerprint density at radius 3 is 2.29 bits per heavy atom. The summed E-state index contributed by atoms with van der Waals surface area (Å²) in [5, 5.41) is 2.88. The highest BCUT2D eigenvalue weighted by Crippen LogP contribution is 2.13. The van der Waals surface area contributed by atoms with Gasteiger partial charge in [-0.3, -0.25) is 4.79 Å². The molecular weight excluding hydrogens is 242 g/mol. The Kier molecular flexibility index (Phi) is 4.08. The maximum atomic E-state index is 11.2. The molecule has 0 aromatic heterocycles. The van der Waals surface area contributed by atoms with Crippen molar-refractivity contribution in [2.75, 3.05) is 18.1 Å². The van der Waals surface area contributed by atoms with E-state index < -0.39 is 21.8 Å². The van der Waals surface area contributed by atoms with E-state index >= 15 is 0 Å². The van der Waals surface area contributed by atoms with Crippen molar-refractivity contribution in [3.05, 3.63) is 24.3 Å². The van der Waals surface area contributed by atoms with E-state index in [0.29, 0.717) is 5.69 Å². The molecule has 17 heavy (non-hydrogen) atoms. The third-order valence-corrected chi connectivity index (χ3v) is 3.30. The van der Waals surface area contributed by atoms with E-state index in [-0.39, 0.29) is 11.4 Å². The molecule has 0 fully saturated rings. The molecule has 0 aliphatic rings. The SMILES string of the molecule is CS(=O)(=O)c1ccc(NCC(N)C(N)=O)cc1. The van der Waals surface area contributed by atoms with Gasteiger partial charge in [-0.1, -0.05) is 0 Å². The van der Waals surface area contributed by atoms with Crippen molar-refractivity contribution in [3.63, 3.8) is 0 Å². The lowest BCUT2D eigenvalue weighted by molar-refractivity contribution is -0.118. The van der Waals surface area contributed by atoms with Gasteiger partial charge >= 0.3 is 0 Å². The van der Waals surface area contributed by atoms with E-state index in [1.165, 1.54) is 12.1 Å². The molecule has 6 nitrogen and oxygen atoms in total. The Labute approximate surface area is 99.9 Å². The Hall–Kier alpha value is -1.60. The third-order valence-electron chi connectivity index (χ3n) is 2.17. The first-order valence-electron chi connectivity index (χ1n) is 4.89. The minimum absolute atomic E-state index is 0.202. The molecule has 5 N–H and O–H groups in total. The number of rotatable bonds is 5. The maximum Gasteiger partial charge on any atom is 0.236 e. The fourth-order valence-electron chi connectivity index (χ4n) is 1.15. The summed E-state index contributed by atoms with van der Waals surface area (Å²) in [4.78, 5) is 10.9. The minimum atomic E-state index is -3.19. The second kappa shape index (κ2) is 5.15. The van der Waals surface area contributed by atoms with Crippen molar-refractivity contribution in [2.24, 2.45) is 11.5 Å². The molecule has 1 unspecified atom stereocenters. The Bertz CT molecular complexity index is 496. The molecule has 94 valence electrons. The third kappa shape index (κ3) is 4.04. The monoisotopic (exact) mass is 257 g/mol. The van der Waals surface area contributed by atoms with Crippen LogP contribution in [0, 0.1) is 0 Å². The van der Waals surface area contributed by atoms with Crippen molar-refractivity contribution >= 4 is 21.4 Å². The number of benzene rings is 1. The van der Waals surface area contributed by atoms with Crippen LogP contribution >= 0.6 is 0 Å². The molecule has 0 aliphatic carbocycles. The van der Waals surface area contributed by atoms with Gasteiger partial charge in [0.05, 0.1) is 4.90 Å². The van der Waals surface area contributed by atoms with Crippen LogP contribution in [0.5, 0.6) is 0 Å². The van der Waals surface area contributed by atoms with Gasteiger partial charge in [-0.2, -0.15) is 0 Å². The van der Waals surface area contributed by atoms with Crippen LogP contribution in [0.25, 0.3) is 0 Å². The van der Waals surface area contributed by atoms with Crippen LogP contribution in [0.15, 0.2) is 29.2 Å². The van der Waals surface area contributed by atoms with Crippen molar-refractivity contribution in [1.29, 1.82) is 0 Å². The highest BCUT2D eigenvalue weighted by Gasteiger charge is 2.09. The van der Waals surface area contributed by atoms with Gasteiger partial charge in [0.2, 0.25) is 5.91 Å². The first-order valence-corrected chi connectivity index (χ1v) is 6.79. The molecule has 7 heteroatoms. The summed E-state index contributed by atoms with van der Waals surface area (Å²) in [6.07, 6.45) is 1.14. The average molecular weight is 257 g/mol. The van der Waals surface area contributed by atoms with Crippen LogP contribution < -0.4 is 16.8 Å². The lowest BCUT2D eigenvalue weighted by Gasteiger charge is -2.10. The predicted octanol–water partition coefficient (Wildman–Crippen LogP) is -0.685. The van der Waals surface area contributed by atoms with E-state index in [0.717, 1.165) is 6.26 Å². The molecular formula is C10H15N3O3S. The molecule has 1 aromatic carbocycles. The number of nitrogens with one attached hydrogen (secondary N) is 1. The van der Waals surface area contributed by atoms with Gasteiger partial charge in [-0.15, -0.1) is 0 Å². The molecule has 0 saturated heterocycles. The lowest BCUT2D eigenvalue weighted by Crippen LogP contribution is -2.41. The summed E-state index contributed by atoms with van der Waals surface area (Å²) in [5.74, 6) is -0.592. The Morgan fingerprint density at radius 2 is 1.88 bits per heavy atom. The summed E-state index contributed by atoms with van der Waals surface area (Å²) < 4.78 is 22.4. The van der Waals surface area contributed by atoms with Crippen molar-refractivity contribution < 1.29 is 13.2 Å². The molecule has 0 radical (unpaired) electrons.